The fourth-order valence-electron chi connectivity index (χ4n) is 12.0. The smallest absolute Gasteiger partial charge is 0.231 e. The second kappa shape index (κ2) is 30.6. The van der Waals surface area contributed by atoms with Gasteiger partial charge in [0.2, 0.25) is 16.8 Å². The molecule has 1 aliphatic heterocycles. The minimum absolute atomic E-state index is 0.202. The average molecular weight is 1190 g/mol. The van der Waals surface area contributed by atoms with Crippen LogP contribution in [-0.2, 0) is 62.4 Å². The molecular weight excluding hydrogens is 1100 g/mol. The molecule has 0 unspecified atom stereocenters. The van der Waals surface area contributed by atoms with E-state index in [1.807, 2.05) is 24.3 Å². The van der Waals surface area contributed by atoms with Gasteiger partial charge in [-0.25, -0.2) is 23.1 Å². The quantitative estimate of drug-likeness (QED) is 0.0532. The molecule has 3 heterocycles. The number of imidazole rings is 2. The van der Waals surface area contributed by atoms with E-state index in [-0.39, 0.29) is 13.3 Å². The van der Waals surface area contributed by atoms with Gasteiger partial charge >= 0.3 is 0 Å². The van der Waals surface area contributed by atoms with E-state index >= 15 is 0 Å². The Bertz CT molecular complexity index is 3720. The van der Waals surface area contributed by atoms with Gasteiger partial charge in [0.05, 0.1) is 43.3 Å². The molecule has 1 aliphatic carbocycles. The van der Waals surface area contributed by atoms with Crippen molar-refractivity contribution in [3.63, 3.8) is 0 Å². The van der Waals surface area contributed by atoms with E-state index in [4.69, 9.17) is 28.9 Å². The van der Waals surface area contributed by atoms with Crippen LogP contribution in [0.4, 0.5) is 0 Å². The molecule has 1 saturated carbocycles. The summed E-state index contributed by atoms with van der Waals surface area (Å²) in [6.45, 7) is 11.6. The van der Waals surface area contributed by atoms with E-state index < -0.39 is 10.0 Å². The second-order valence-corrected chi connectivity index (χ2v) is 24.9. The number of rotatable bonds is 27. The van der Waals surface area contributed by atoms with Crippen LogP contribution in [0.2, 0.25) is 0 Å². The SMILES string of the molecule is CCCCn1c(-c2cccc(OC)c2)nc(-c2ccccc2)c1CN(Cc1ccccc1)Cc1ccc2c(c1)OCO2.CCCCn1c(-c2ccccc2)nc(-c2ccccc2)c1CN(Cc1ccc(CNS(C)(=O)=O)c(OC)c1)CC1CCCCC1. The maximum Gasteiger partial charge on any atom is 0.231 e. The molecule has 2 aliphatic rings. The second-order valence-electron chi connectivity index (χ2n) is 23.0. The van der Waals surface area contributed by atoms with Gasteiger partial charge in [-0.3, -0.25) is 9.80 Å². The molecular formula is C73H85N7O6S. The molecule has 0 atom stereocenters. The first-order chi connectivity index (χ1) is 42.6. The van der Waals surface area contributed by atoms with Crippen molar-refractivity contribution in [3.8, 4) is 68.3 Å². The lowest BCUT2D eigenvalue weighted by molar-refractivity contribution is 0.174. The largest absolute Gasteiger partial charge is 0.497 e. The highest BCUT2D eigenvalue weighted by Gasteiger charge is 2.27. The summed E-state index contributed by atoms with van der Waals surface area (Å²) >= 11 is 0. The molecule has 11 rings (SSSR count). The Morgan fingerprint density at radius 1 is 0.540 bits per heavy atom. The number of nitrogens with one attached hydrogen (secondary N) is 1. The first kappa shape index (κ1) is 62.1. The van der Waals surface area contributed by atoms with Gasteiger partial charge in [-0.2, -0.15) is 0 Å². The molecule has 0 bridgehead atoms. The van der Waals surface area contributed by atoms with Crippen molar-refractivity contribution < 1.29 is 27.4 Å². The van der Waals surface area contributed by atoms with E-state index in [1.54, 1.807) is 14.2 Å². The highest BCUT2D eigenvalue weighted by molar-refractivity contribution is 7.88. The van der Waals surface area contributed by atoms with E-state index in [2.05, 4.69) is 195 Å². The zero-order valence-electron chi connectivity index (χ0n) is 51.4. The Kier molecular flexibility index (Phi) is 21.8. The number of unbranched alkanes of at least 4 members (excludes halogenated alkanes) is 2. The molecule has 0 spiro atoms. The monoisotopic (exact) mass is 1190 g/mol. The fourth-order valence-corrected chi connectivity index (χ4v) is 12.4. The van der Waals surface area contributed by atoms with Crippen LogP contribution in [-0.4, -0.2) is 71.1 Å². The first-order valence-corrected chi connectivity index (χ1v) is 32.9. The number of nitrogens with zero attached hydrogens (tertiary/aromatic N) is 6. The van der Waals surface area contributed by atoms with Gasteiger partial charge < -0.3 is 28.1 Å². The van der Waals surface area contributed by atoms with Crippen molar-refractivity contribution >= 4 is 10.0 Å². The molecule has 87 heavy (non-hydrogen) atoms. The molecule has 1 N–H and O–H groups in total. The molecule has 13 nitrogen and oxygen atoms in total. The van der Waals surface area contributed by atoms with Crippen LogP contribution in [0, 0.1) is 5.92 Å². The molecule has 1 fully saturated rings. The fraction of sp³-hybridized carbons (Fsp3) is 0.342. The Morgan fingerprint density at radius 2 is 1.07 bits per heavy atom. The van der Waals surface area contributed by atoms with Crippen molar-refractivity contribution in [1.29, 1.82) is 0 Å². The third-order valence-corrected chi connectivity index (χ3v) is 17.1. The number of methoxy groups -OCH3 is 2. The summed E-state index contributed by atoms with van der Waals surface area (Å²) in [5, 5.41) is 0. The lowest BCUT2D eigenvalue weighted by Gasteiger charge is -2.30. The van der Waals surface area contributed by atoms with Gasteiger partial charge in [-0.1, -0.05) is 198 Å². The highest BCUT2D eigenvalue weighted by atomic mass is 32.2. The number of aromatic nitrogens is 4. The molecule has 454 valence electrons. The number of hydrogen-bond acceptors (Lipinski definition) is 10. The maximum atomic E-state index is 11.7. The summed E-state index contributed by atoms with van der Waals surface area (Å²) in [5.74, 6) is 5.81. The maximum absolute atomic E-state index is 11.7. The summed E-state index contributed by atoms with van der Waals surface area (Å²) in [7, 11) is 0.0490. The summed E-state index contributed by atoms with van der Waals surface area (Å²) in [4.78, 5) is 15.8. The molecule has 7 aromatic carbocycles. The Balaban J connectivity index is 0.000000193. The minimum Gasteiger partial charge on any atom is -0.497 e. The Hall–Kier alpha value is -8.01. The summed E-state index contributed by atoms with van der Waals surface area (Å²) in [6.07, 6.45) is 12.0. The number of ether oxygens (including phenoxy) is 4. The highest BCUT2D eigenvalue weighted by Crippen LogP contribution is 2.37. The van der Waals surface area contributed by atoms with Gasteiger partial charge in [0.1, 0.15) is 23.1 Å². The predicted octanol–water partition coefficient (Wildman–Crippen LogP) is 15.6. The molecule has 0 saturated heterocycles. The lowest BCUT2D eigenvalue weighted by atomic mass is 9.88. The molecule has 2 aromatic heterocycles. The van der Waals surface area contributed by atoms with Gasteiger partial charge in [-0.15, -0.1) is 0 Å². The zero-order valence-corrected chi connectivity index (χ0v) is 52.2. The van der Waals surface area contributed by atoms with Crippen molar-refractivity contribution in [2.45, 2.75) is 124 Å². The predicted molar refractivity (Wildman–Crippen MR) is 350 cm³/mol. The molecule has 14 heteroatoms. The Labute approximate surface area is 516 Å². The summed E-state index contributed by atoms with van der Waals surface area (Å²) < 4.78 is 53.5. The summed E-state index contributed by atoms with van der Waals surface area (Å²) in [6, 6.07) is 63.0. The lowest BCUT2D eigenvalue weighted by Crippen LogP contribution is -2.31. The molecule has 9 aromatic rings. The first-order valence-electron chi connectivity index (χ1n) is 31.0. The van der Waals surface area contributed by atoms with E-state index in [0.29, 0.717) is 11.7 Å². The van der Waals surface area contributed by atoms with Crippen LogP contribution in [0.15, 0.2) is 182 Å². The van der Waals surface area contributed by atoms with E-state index in [1.165, 1.54) is 60.9 Å². The van der Waals surface area contributed by atoms with Gasteiger partial charge in [0.15, 0.2) is 11.5 Å². The van der Waals surface area contributed by atoms with Crippen LogP contribution in [0.5, 0.6) is 23.0 Å². The average Bonchev–Trinajstić information content (AvgIpc) is 2.46. The van der Waals surface area contributed by atoms with Crippen molar-refractivity contribution in [2.24, 2.45) is 5.92 Å². The number of benzene rings is 7. The third-order valence-electron chi connectivity index (χ3n) is 16.4. The minimum atomic E-state index is -3.31. The third kappa shape index (κ3) is 16.7. The topological polar surface area (TPSA) is 125 Å². The normalized spacial score (nSPS) is 13.2. The summed E-state index contributed by atoms with van der Waals surface area (Å²) in [5.41, 5.74) is 13.4. The standard InChI is InChI=1S/C37H48N4O3S.C36H37N3O3/c1-4-5-23-41-34(36(31-17-11-7-12-18-31)39-37(41)32-19-13-8-14-20-32)28-40(26-29-15-9-6-10-16-29)27-30-21-22-33(35(24-30)44-2)25-38-45(3,42)43;1-3-4-20-39-32(35(29-14-9-6-10-15-29)37-36(39)30-16-11-17-31(22-30)40-2)25-38(23-27-12-7-5-8-13-27)24-28-18-19-33-34(21-28)42-26-41-33/h7-8,11-14,17-22,24,29,38H,4-6,9-10,15-16,23,25-28H2,1-3H3;5-19,21-22H,3-4,20,23-26H2,1-2H3. The van der Waals surface area contributed by atoms with E-state index in [0.717, 1.165) is 152 Å². The van der Waals surface area contributed by atoms with Crippen LogP contribution >= 0.6 is 0 Å². The molecule has 0 radical (unpaired) electrons. The number of sulfonamides is 1. The van der Waals surface area contributed by atoms with Crippen molar-refractivity contribution in [3.05, 3.63) is 216 Å². The van der Waals surface area contributed by atoms with Crippen molar-refractivity contribution in [2.75, 3.05) is 33.8 Å². The van der Waals surface area contributed by atoms with Gasteiger partial charge in [0.25, 0.3) is 0 Å². The molecule has 0 amide bonds. The van der Waals surface area contributed by atoms with Gasteiger partial charge in [-0.05, 0) is 78.6 Å². The number of hydrogen-bond donors (Lipinski definition) is 1. The van der Waals surface area contributed by atoms with Crippen LogP contribution < -0.4 is 23.7 Å². The van der Waals surface area contributed by atoms with Gasteiger partial charge in [0, 0.05) is 86.7 Å². The van der Waals surface area contributed by atoms with Crippen LogP contribution in [0.25, 0.3) is 45.3 Å². The zero-order chi connectivity index (χ0) is 60.4. The van der Waals surface area contributed by atoms with Crippen molar-refractivity contribution in [1.82, 2.24) is 33.6 Å². The van der Waals surface area contributed by atoms with Crippen LogP contribution in [0.1, 0.15) is 105 Å². The number of fused-ring (bicyclic) bond motifs is 1. The Morgan fingerprint density at radius 3 is 1.67 bits per heavy atom. The van der Waals surface area contributed by atoms with Crippen LogP contribution in [0.3, 0.4) is 0 Å². The van der Waals surface area contributed by atoms with E-state index in [9.17, 15) is 8.42 Å².